The number of guanidine groups is 1. The molecule has 2 aromatic rings. The number of hydrogen-bond acceptors (Lipinski definition) is 4. The molecule has 0 amide bonds. The van der Waals surface area contributed by atoms with Gasteiger partial charge in [0.15, 0.2) is 5.96 Å². The van der Waals surface area contributed by atoms with Gasteiger partial charge in [-0.25, -0.2) is 4.68 Å². The summed E-state index contributed by atoms with van der Waals surface area (Å²) in [4.78, 5) is 6.13. The zero-order chi connectivity index (χ0) is 18.2. The van der Waals surface area contributed by atoms with Crippen LogP contribution in [0.15, 0.2) is 29.3 Å². The van der Waals surface area contributed by atoms with Crippen LogP contribution in [0.5, 0.6) is 0 Å². The number of hydrogen-bond donors (Lipinski definition) is 1. The minimum Gasteiger partial charge on any atom is -0.352 e. The highest BCUT2D eigenvalue weighted by atomic mass is 127. The number of likely N-dealkylation sites (N-methyl/N-ethyl adjacent to an activating group) is 1. The summed E-state index contributed by atoms with van der Waals surface area (Å²) in [6.07, 6.45) is -4.44. The van der Waals surface area contributed by atoms with E-state index in [9.17, 15) is 13.2 Å². The molecule has 9 heteroatoms. The first-order chi connectivity index (χ1) is 11.8. The van der Waals surface area contributed by atoms with Crippen LogP contribution in [-0.2, 0) is 12.7 Å². The molecule has 0 saturated heterocycles. The number of aryl methyl sites for hydroxylation is 2. The van der Waals surface area contributed by atoms with Gasteiger partial charge in [-0.2, -0.15) is 18.3 Å². The van der Waals surface area contributed by atoms with Gasteiger partial charge in [0.05, 0.1) is 23.5 Å². The van der Waals surface area contributed by atoms with Gasteiger partial charge in [0.25, 0.3) is 0 Å². The van der Waals surface area contributed by atoms with Crippen LogP contribution in [0.2, 0.25) is 0 Å². The van der Waals surface area contributed by atoms with E-state index in [1.54, 1.807) is 6.07 Å². The second-order valence-corrected chi connectivity index (χ2v) is 6.16. The van der Waals surface area contributed by atoms with Crippen LogP contribution in [0.3, 0.4) is 0 Å². The highest BCUT2D eigenvalue weighted by Crippen LogP contribution is 2.33. The molecular weight excluding hydrogens is 458 g/mol. The monoisotopic (exact) mass is 479 g/mol. The highest BCUT2D eigenvalue weighted by Gasteiger charge is 2.34. The Kier molecular flexibility index (Phi) is 6.20. The van der Waals surface area contributed by atoms with E-state index in [2.05, 4.69) is 15.4 Å². The molecule has 0 fully saturated rings. The van der Waals surface area contributed by atoms with Gasteiger partial charge < -0.3 is 10.2 Å². The van der Waals surface area contributed by atoms with Crippen LogP contribution >= 0.6 is 24.0 Å². The largest absolute Gasteiger partial charge is 0.416 e. The molecular formula is C17H21F3IN5. The summed E-state index contributed by atoms with van der Waals surface area (Å²) >= 11 is 0. The van der Waals surface area contributed by atoms with Crippen LogP contribution < -0.4 is 5.32 Å². The Balaban J connectivity index is 0.00000243. The molecule has 0 bridgehead atoms. The van der Waals surface area contributed by atoms with E-state index in [4.69, 9.17) is 0 Å². The Morgan fingerprint density at radius 1 is 1.19 bits per heavy atom. The van der Waals surface area contributed by atoms with Crippen LogP contribution in [0.4, 0.5) is 13.2 Å². The lowest BCUT2D eigenvalue weighted by atomic mass is 10.1. The molecule has 0 unspecified atom stereocenters. The molecule has 1 aliphatic rings. The van der Waals surface area contributed by atoms with E-state index < -0.39 is 11.7 Å². The number of benzene rings is 1. The fourth-order valence-corrected chi connectivity index (χ4v) is 2.90. The van der Waals surface area contributed by atoms with Gasteiger partial charge in [-0.3, -0.25) is 4.99 Å². The van der Waals surface area contributed by atoms with Crippen molar-refractivity contribution in [2.24, 2.45) is 4.99 Å². The Labute approximate surface area is 167 Å². The Morgan fingerprint density at radius 3 is 2.46 bits per heavy atom. The van der Waals surface area contributed by atoms with Crippen molar-refractivity contribution >= 4 is 29.9 Å². The number of aliphatic imine (C=N–C) groups is 1. The summed E-state index contributed by atoms with van der Waals surface area (Å²) in [6.45, 7) is 5.12. The van der Waals surface area contributed by atoms with Crippen molar-refractivity contribution in [1.82, 2.24) is 20.0 Å². The average Bonchev–Trinajstić information content (AvgIpc) is 3.09. The molecule has 0 atom stereocenters. The molecule has 2 heterocycles. The molecule has 1 aromatic heterocycles. The lowest BCUT2D eigenvalue weighted by Crippen LogP contribution is -2.35. The minimum atomic E-state index is -4.44. The molecule has 0 radical (unpaired) electrons. The zero-order valence-electron chi connectivity index (χ0n) is 14.8. The van der Waals surface area contributed by atoms with Crippen molar-refractivity contribution in [1.29, 1.82) is 0 Å². The van der Waals surface area contributed by atoms with E-state index in [-0.39, 0.29) is 36.1 Å². The molecule has 0 aliphatic carbocycles. The van der Waals surface area contributed by atoms with Gasteiger partial charge in [0.1, 0.15) is 0 Å². The predicted octanol–water partition coefficient (Wildman–Crippen LogP) is 3.52. The van der Waals surface area contributed by atoms with Crippen LogP contribution in [0.1, 0.15) is 22.5 Å². The first-order valence-electron chi connectivity index (χ1n) is 7.99. The number of rotatable bonds is 3. The van der Waals surface area contributed by atoms with E-state index >= 15 is 0 Å². The third kappa shape index (κ3) is 4.30. The maximum Gasteiger partial charge on any atom is 0.416 e. The highest BCUT2D eigenvalue weighted by molar-refractivity contribution is 14.0. The molecule has 5 nitrogen and oxygen atoms in total. The summed E-state index contributed by atoms with van der Waals surface area (Å²) in [5.74, 6) is 0.621. The van der Waals surface area contributed by atoms with Crippen LogP contribution in [0, 0.1) is 13.8 Å². The lowest BCUT2D eigenvalue weighted by molar-refractivity contribution is -0.138. The molecule has 1 aromatic carbocycles. The Hall–Kier alpha value is -1.78. The molecule has 1 aliphatic heterocycles. The summed E-state index contributed by atoms with van der Waals surface area (Å²) in [5.41, 5.74) is 1.47. The lowest BCUT2D eigenvalue weighted by Gasteiger charge is -2.18. The molecule has 26 heavy (non-hydrogen) atoms. The first kappa shape index (κ1) is 20.5. The SMILES string of the molecule is Cc1cc(C)n(-c2ccc(CNC3=NCCN3C)c(C(F)(F)F)c2)n1.I. The zero-order valence-corrected chi connectivity index (χ0v) is 17.1. The van der Waals surface area contributed by atoms with Gasteiger partial charge in [0, 0.05) is 25.8 Å². The van der Waals surface area contributed by atoms with Gasteiger partial charge in [-0.05, 0) is 37.6 Å². The summed E-state index contributed by atoms with van der Waals surface area (Å²) in [7, 11) is 1.86. The Bertz CT molecular complexity index is 813. The normalized spacial score (nSPS) is 14.2. The topological polar surface area (TPSA) is 45.5 Å². The van der Waals surface area contributed by atoms with Gasteiger partial charge >= 0.3 is 6.18 Å². The molecule has 1 N–H and O–H groups in total. The minimum absolute atomic E-state index is 0. The van der Waals surface area contributed by atoms with Crippen molar-refractivity contribution < 1.29 is 13.2 Å². The van der Waals surface area contributed by atoms with E-state index in [1.807, 2.05) is 31.9 Å². The smallest absolute Gasteiger partial charge is 0.352 e. The second kappa shape index (κ2) is 7.85. The van der Waals surface area contributed by atoms with E-state index in [1.165, 1.54) is 10.7 Å². The summed E-state index contributed by atoms with van der Waals surface area (Å²) in [6, 6.07) is 6.14. The standard InChI is InChI=1S/C17H20F3N5.HI/c1-11-8-12(2)25(23-11)14-5-4-13(15(9-14)17(18,19)20)10-22-16-21-6-7-24(16)3;/h4-5,8-9H,6-7,10H2,1-3H3,(H,21,22);1H. The van der Waals surface area contributed by atoms with Crippen molar-refractivity contribution in [3.63, 3.8) is 0 Å². The van der Waals surface area contributed by atoms with Crippen molar-refractivity contribution in [2.75, 3.05) is 20.1 Å². The van der Waals surface area contributed by atoms with Crippen LogP contribution in [-0.4, -0.2) is 40.8 Å². The fraction of sp³-hybridized carbons (Fsp3) is 0.412. The van der Waals surface area contributed by atoms with Gasteiger partial charge in [-0.15, -0.1) is 24.0 Å². The molecule has 0 spiro atoms. The third-order valence-electron chi connectivity index (χ3n) is 4.15. The fourth-order valence-electron chi connectivity index (χ4n) is 2.90. The van der Waals surface area contributed by atoms with Crippen LogP contribution in [0.25, 0.3) is 5.69 Å². The first-order valence-corrected chi connectivity index (χ1v) is 7.99. The maximum absolute atomic E-state index is 13.5. The Morgan fingerprint density at radius 2 is 1.92 bits per heavy atom. The molecule has 142 valence electrons. The van der Waals surface area contributed by atoms with Crippen molar-refractivity contribution in [3.05, 3.63) is 46.8 Å². The second-order valence-electron chi connectivity index (χ2n) is 6.16. The number of alkyl halides is 3. The number of aromatic nitrogens is 2. The number of nitrogens with one attached hydrogen (secondary N) is 1. The average molecular weight is 479 g/mol. The summed E-state index contributed by atoms with van der Waals surface area (Å²) < 4.78 is 42.1. The predicted molar refractivity (Wildman–Crippen MR) is 105 cm³/mol. The maximum atomic E-state index is 13.5. The van der Waals surface area contributed by atoms with E-state index in [0.29, 0.717) is 18.2 Å². The number of halogens is 4. The van der Waals surface area contributed by atoms with E-state index in [0.717, 1.165) is 24.0 Å². The summed E-state index contributed by atoms with van der Waals surface area (Å²) in [5, 5.41) is 7.25. The quantitative estimate of drug-likeness (QED) is 0.686. The van der Waals surface area contributed by atoms with Crippen molar-refractivity contribution in [3.8, 4) is 5.69 Å². The molecule has 3 rings (SSSR count). The third-order valence-corrected chi connectivity index (χ3v) is 4.15. The van der Waals surface area contributed by atoms with Gasteiger partial charge in [-0.1, -0.05) is 6.07 Å². The number of nitrogens with zero attached hydrogens (tertiary/aromatic N) is 4. The molecule has 0 saturated carbocycles. The van der Waals surface area contributed by atoms with Crippen molar-refractivity contribution in [2.45, 2.75) is 26.6 Å². The van der Waals surface area contributed by atoms with Gasteiger partial charge in [0.2, 0.25) is 0 Å².